The fraction of sp³-hybridized carbons (Fsp3) is 0.750. The van der Waals surface area contributed by atoms with Crippen molar-refractivity contribution in [3.63, 3.8) is 0 Å². The van der Waals surface area contributed by atoms with Crippen molar-refractivity contribution in [1.82, 2.24) is 5.32 Å². The number of carbonyl (C=O) groups is 1. The monoisotopic (exact) mass is 251 g/mol. The standard InChI is InChI=1S/C12H20F3NO/c1-2-3-4-5-6-8-11(17)16-10-7-9-12(13,14)15/h7,9H,2-6,8,10H2,1H3,(H,16,17)/b9-7+. The zero-order chi connectivity index (χ0) is 13.1. The van der Waals surface area contributed by atoms with Crippen LogP contribution in [0.3, 0.4) is 0 Å². The van der Waals surface area contributed by atoms with Crippen LogP contribution in [0.25, 0.3) is 0 Å². The van der Waals surface area contributed by atoms with Crippen molar-refractivity contribution in [3.8, 4) is 0 Å². The summed E-state index contributed by atoms with van der Waals surface area (Å²) in [4.78, 5) is 11.2. The molecule has 100 valence electrons. The van der Waals surface area contributed by atoms with Gasteiger partial charge in [0.25, 0.3) is 0 Å². The molecule has 17 heavy (non-hydrogen) atoms. The molecule has 0 saturated heterocycles. The highest BCUT2D eigenvalue weighted by Crippen LogP contribution is 2.15. The molecule has 0 rings (SSSR count). The average molecular weight is 251 g/mol. The number of unbranched alkanes of at least 4 members (excludes halogenated alkanes) is 4. The molecule has 0 heterocycles. The van der Waals surface area contributed by atoms with Gasteiger partial charge >= 0.3 is 6.18 Å². The number of amides is 1. The van der Waals surface area contributed by atoms with Crippen LogP contribution in [0.4, 0.5) is 13.2 Å². The molecule has 0 aliphatic heterocycles. The van der Waals surface area contributed by atoms with Crippen molar-refractivity contribution in [2.24, 2.45) is 0 Å². The molecule has 0 unspecified atom stereocenters. The van der Waals surface area contributed by atoms with Crippen molar-refractivity contribution >= 4 is 5.91 Å². The van der Waals surface area contributed by atoms with Crippen LogP contribution in [0.5, 0.6) is 0 Å². The van der Waals surface area contributed by atoms with Crippen LogP contribution in [-0.4, -0.2) is 18.6 Å². The van der Waals surface area contributed by atoms with Crippen molar-refractivity contribution < 1.29 is 18.0 Å². The van der Waals surface area contributed by atoms with Gasteiger partial charge in [-0.25, -0.2) is 0 Å². The average Bonchev–Trinajstić information content (AvgIpc) is 2.23. The van der Waals surface area contributed by atoms with Gasteiger partial charge in [0.2, 0.25) is 5.91 Å². The second-order valence-electron chi connectivity index (χ2n) is 3.91. The molecule has 0 aromatic rings. The number of alkyl halides is 3. The van der Waals surface area contributed by atoms with Gasteiger partial charge in [0, 0.05) is 19.0 Å². The number of carbonyl (C=O) groups excluding carboxylic acids is 1. The largest absolute Gasteiger partial charge is 0.409 e. The fourth-order valence-electron chi connectivity index (χ4n) is 1.34. The number of nitrogens with one attached hydrogen (secondary N) is 1. The SMILES string of the molecule is CCCCCCCC(=O)NC/C=C/C(F)(F)F. The summed E-state index contributed by atoms with van der Waals surface area (Å²) < 4.78 is 35.1. The van der Waals surface area contributed by atoms with Gasteiger partial charge in [0.05, 0.1) is 0 Å². The van der Waals surface area contributed by atoms with Crippen molar-refractivity contribution in [1.29, 1.82) is 0 Å². The van der Waals surface area contributed by atoms with E-state index in [0.29, 0.717) is 6.42 Å². The number of rotatable bonds is 8. The van der Waals surface area contributed by atoms with Gasteiger partial charge in [-0.15, -0.1) is 0 Å². The van der Waals surface area contributed by atoms with E-state index in [4.69, 9.17) is 0 Å². The molecule has 5 heteroatoms. The van der Waals surface area contributed by atoms with Crippen LogP contribution in [0.15, 0.2) is 12.2 Å². The predicted octanol–water partition coefficient (Wildman–Crippen LogP) is 3.58. The maximum absolute atomic E-state index is 11.7. The van der Waals surface area contributed by atoms with Crippen LogP contribution in [0.1, 0.15) is 45.4 Å². The Bertz CT molecular complexity index is 236. The lowest BCUT2D eigenvalue weighted by atomic mass is 10.1. The summed E-state index contributed by atoms with van der Waals surface area (Å²) in [5, 5.41) is 2.42. The molecule has 0 fully saturated rings. The van der Waals surface area contributed by atoms with Crippen LogP contribution in [0, 0.1) is 0 Å². The Balaban J connectivity index is 3.44. The molecule has 2 nitrogen and oxygen atoms in total. The topological polar surface area (TPSA) is 29.1 Å². The molecule has 0 aliphatic carbocycles. The summed E-state index contributed by atoms with van der Waals surface area (Å²) >= 11 is 0. The molecule has 0 radical (unpaired) electrons. The Kier molecular flexibility index (Phi) is 8.54. The second kappa shape index (κ2) is 9.07. The molecule has 0 atom stereocenters. The highest BCUT2D eigenvalue weighted by atomic mass is 19.4. The predicted molar refractivity (Wildman–Crippen MR) is 61.6 cm³/mol. The third kappa shape index (κ3) is 12.9. The first-order valence-corrected chi connectivity index (χ1v) is 5.97. The van der Waals surface area contributed by atoms with Gasteiger partial charge in [0.1, 0.15) is 0 Å². The van der Waals surface area contributed by atoms with E-state index in [1.54, 1.807) is 0 Å². The number of hydrogen-bond donors (Lipinski definition) is 1. The van der Waals surface area contributed by atoms with E-state index in [2.05, 4.69) is 12.2 Å². The van der Waals surface area contributed by atoms with E-state index in [-0.39, 0.29) is 18.5 Å². The van der Waals surface area contributed by atoms with Gasteiger partial charge in [-0.05, 0) is 6.42 Å². The molecular formula is C12H20F3NO. The third-order valence-electron chi connectivity index (χ3n) is 2.23. The fourth-order valence-corrected chi connectivity index (χ4v) is 1.34. The molecule has 0 aromatic carbocycles. The number of hydrogen-bond acceptors (Lipinski definition) is 1. The second-order valence-corrected chi connectivity index (χ2v) is 3.91. The number of allylic oxidation sites excluding steroid dienone is 1. The first-order chi connectivity index (χ1) is 7.95. The van der Waals surface area contributed by atoms with E-state index in [9.17, 15) is 18.0 Å². The zero-order valence-corrected chi connectivity index (χ0v) is 10.1. The van der Waals surface area contributed by atoms with Gasteiger partial charge in [-0.2, -0.15) is 13.2 Å². The van der Waals surface area contributed by atoms with Gasteiger partial charge in [0.15, 0.2) is 0 Å². The minimum atomic E-state index is -4.30. The third-order valence-corrected chi connectivity index (χ3v) is 2.23. The number of halogens is 3. The summed E-state index contributed by atoms with van der Waals surface area (Å²) in [7, 11) is 0. The summed E-state index contributed by atoms with van der Waals surface area (Å²) in [5.74, 6) is -0.187. The van der Waals surface area contributed by atoms with Crippen LogP contribution in [-0.2, 0) is 4.79 Å². The van der Waals surface area contributed by atoms with Crippen molar-refractivity contribution in [2.75, 3.05) is 6.54 Å². The van der Waals surface area contributed by atoms with Gasteiger partial charge < -0.3 is 5.32 Å². The molecule has 0 bridgehead atoms. The molecule has 0 saturated carbocycles. The van der Waals surface area contributed by atoms with E-state index < -0.39 is 6.18 Å². The van der Waals surface area contributed by atoms with E-state index in [1.165, 1.54) is 0 Å². The minimum Gasteiger partial charge on any atom is -0.353 e. The quantitative estimate of drug-likeness (QED) is 0.518. The lowest BCUT2D eigenvalue weighted by Crippen LogP contribution is -2.23. The normalized spacial score (nSPS) is 12.0. The van der Waals surface area contributed by atoms with E-state index >= 15 is 0 Å². The Hall–Kier alpha value is -1.00. The lowest BCUT2D eigenvalue weighted by molar-refractivity contribution is -0.121. The summed E-state index contributed by atoms with van der Waals surface area (Å²) in [6, 6.07) is 0. The Morgan fingerprint density at radius 2 is 1.82 bits per heavy atom. The Labute approximate surface area is 100 Å². The highest BCUT2D eigenvalue weighted by molar-refractivity contribution is 5.75. The first kappa shape index (κ1) is 16.0. The first-order valence-electron chi connectivity index (χ1n) is 5.97. The summed E-state index contributed by atoms with van der Waals surface area (Å²) in [6.45, 7) is 2.05. The maximum Gasteiger partial charge on any atom is 0.409 e. The summed E-state index contributed by atoms with van der Waals surface area (Å²) in [5.41, 5.74) is 0. The molecule has 1 amide bonds. The molecule has 0 spiro atoms. The van der Waals surface area contributed by atoms with Crippen LogP contribution >= 0.6 is 0 Å². The molecule has 1 N–H and O–H groups in total. The van der Waals surface area contributed by atoms with E-state index in [0.717, 1.165) is 38.2 Å². The molecular weight excluding hydrogens is 231 g/mol. The lowest BCUT2D eigenvalue weighted by Gasteiger charge is -2.03. The van der Waals surface area contributed by atoms with Crippen LogP contribution < -0.4 is 5.32 Å². The smallest absolute Gasteiger partial charge is 0.353 e. The van der Waals surface area contributed by atoms with Crippen molar-refractivity contribution in [3.05, 3.63) is 12.2 Å². The minimum absolute atomic E-state index is 0.0622. The Morgan fingerprint density at radius 1 is 1.18 bits per heavy atom. The van der Waals surface area contributed by atoms with Crippen LogP contribution in [0.2, 0.25) is 0 Å². The van der Waals surface area contributed by atoms with Gasteiger partial charge in [-0.1, -0.05) is 38.7 Å². The molecule has 0 aromatic heterocycles. The van der Waals surface area contributed by atoms with E-state index in [1.807, 2.05) is 0 Å². The van der Waals surface area contributed by atoms with Gasteiger partial charge in [-0.3, -0.25) is 4.79 Å². The Morgan fingerprint density at radius 3 is 2.41 bits per heavy atom. The maximum atomic E-state index is 11.7. The molecule has 0 aliphatic rings. The highest BCUT2D eigenvalue weighted by Gasteiger charge is 2.21. The zero-order valence-electron chi connectivity index (χ0n) is 10.1. The summed E-state index contributed by atoms with van der Waals surface area (Å²) in [6.07, 6.45) is 2.36. The van der Waals surface area contributed by atoms with Crippen molar-refractivity contribution in [2.45, 2.75) is 51.6 Å².